The van der Waals surface area contributed by atoms with Gasteiger partial charge in [-0.2, -0.15) is 0 Å². The van der Waals surface area contributed by atoms with Crippen molar-refractivity contribution in [3.63, 3.8) is 0 Å². The van der Waals surface area contributed by atoms with Crippen LogP contribution in [0.2, 0.25) is 5.02 Å². The van der Waals surface area contributed by atoms with Crippen molar-refractivity contribution in [2.24, 2.45) is 0 Å². The molecule has 2 heterocycles. The van der Waals surface area contributed by atoms with Crippen LogP contribution in [0.15, 0.2) is 47.3 Å². The van der Waals surface area contributed by atoms with Gasteiger partial charge in [-0.1, -0.05) is 29.8 Å². The third-order valence-electron chi connectivity index (χ3n) is 3.78. The fourth-order valence-corrected chi connectivity index (χ4v) is 2.74. The number of benzene rings is 1. The molecule has 21 heavy (non-hydrogen) atoms. The highest BCUT2D eigenvalue weighted by molar-refractivity contribution is 6.31. The largest absolute Gasteiger partial charge is 0.472 e. The van der Waals surface area contributed by atoms with Crippen molar-refractivity contribution in [3.05, 3.63) is 59.0 Å². The Morgan fingerprint density at radius 1 is 1.14 bits per heavy atom. The van der Waals surface area contributed by atoms with Crippen molar-refractivity contribution < 1.29 is 9.21 Å². The van der Waals surface area contributed by atoms with Crippen LogP contribution in [-0.4, -0.2) is 41.9 Å². The quantitative estimate of drug-likeness (QED) is 0.875. The topological polar surface area (TPSA) is 36.7 Å². The van der Waals surface area contributed by atoms with Crippen LogP contribution in [0, 0.1) is 0 Å². The molecule has 0 bridgehead atoms. The summed E-state index contributed by atoms with van der Waals surface area (Å²) in [5, 5.41) is 0.800. The van der Waals surface area contributed by atoms with Gasteiger partial charge in [0.05, 0.1) is 11.8 Å². The second-order valence-corrected chi connectivity index (χ2v) is 5.58. The van der Waals surface area contributed by atoms with Gasteiger partial charge in [0.25, 0.3) is 5.91 Å². The second-order valence-electron chi connectivity index (χ2n) is 5.17. The molecule has 1 aliphatic heterocycles. The molecule has 1 aromatic heterocycles. The van der Waals surface area contributed by atoms with Gasteiger partial charge in [-0.3, -0.25) is 9.69 Å². The Balaban J connectivity index is 1.56. The Bertz CT molecular complexity index is 604. The molecule has 110 valence electrons. The Morgan fingerprint density at radius 3 is 2.57 bits per heavy atom. The third-order valence-corrected chi connectivity index (χ3v) is 4.15. The van der Waals surface area contributed by atoms with Gasteiger partial charge in [0.2, 0.25) is 0 Å². The third kappa shape index (κ3) is 3.28. The summed E-state index contributed by atoms with van der Waals surface area (Å²) in [5.41, 5.74) is 1.75. The highest BCUT2D eigenvalue weighted by atomic mass is 35.5. The SMILES string of the molecule is O=C(c1ccoc1)N1CCN(Cc2ccccc2Cl)CC1. The summed E-state index contributed by atoms with van der Waals surface area (Å²) in [5.74, 6) is 0.0427. The minimum atomic E-state index is 0.0427. The molecule has 1 aromatic carbocycles. The molecule has 3 rings (SSSR count). The van der Waals surface area contributed by atoms with Gasteiger partial charge in [-0.05, 0) is 17.7 Å². The summed E-state index contributed by atoms with van der Waals surface area (Å²) in [6.07, 6.45) is 3.03. The van der Waals surface area contributed by atoms with E-state index in [1.54, 1.807) is 6.07 Å². The maximum absolute atomic E-state index is 12.2. The maximum atomic E-state index is 12.2. The zero-order chi connectivity index (χ0) is 14.7. The van der Waals surface area contributed by atoms with Gasteiger partial charge in [0, 0.05) is 37.7 Å². The maximum Gasteiger partial charge on any atom is 0.257 e. The van der Waals surface area contributed by atoms with Gasteiger partial charge in [0.15, 0.2) is 0 Å². The molecule has 0 N–H and O–H groups in total. The number of hydrogen-bond donors (Lipinski definition) is 0. The fraction of sp³-hybridized carbons (Fsp3) is 0.312. The highest BCUT2D eigenvalue weighted by Crippen LogP contribution is 2.18. The van der Waals surface area contributed by atoms with Crippen molar-refractivity contribution in [3.8, 4) is 0 Å². The number of piperazine rings is 1. The summed E-state index contributed by atoms with van der Waals surface area (Å²) < 4.78 is 4.97. The Kier molecular flexibility index (Phi) is 4.27. The van der Waals surface area contributed by atoms with E-state index in [9.17, 15) is 4.79 Å². The number of furan rings is 1. The minimum Gasteiger partial charge on any atom is -0.472 e. The molecule has 0 spiro atoms. The van der Waals surface area contributed by atoms with Gasteiger partial charge in [-0.25, -0.2) is 0 Å². The van der Waals surface area contributed by atoms with Crippen molar-refractivity contribution in [2.75, 3.05) is 26.2 Å². The van der Waals surface area contributed by atoms with Crippen LogP contribution in [0.3, 0.4) is 0 Å². The van der Waals surface area contributed by atoms with E-state index in [0.717, 1.165) is 43.3 Å². The van der Waals surface area contributed by atoms with Crippen LogP contribution in [0.1, 0.15) is 15.9 Å². The van der Waals surface area contributed by atoms with Crippen LogP contribution >= 0.6 is 11.6 Å². The first-order chi connectivity index (χ1) is 10.2. The Hall–Kier alpha value is -1.78. The van der Waals surface area contributed by atoms with Crippen molar-refractivity contribution in [1.82, 2.24) is 9.80 Å². The van der Waals surface area contributed by atoms with E-state index in [4.69, 9.17) is 16.0 Å². The summed E-state index contributed by atoms with van der Waals surface area (Å²) in [6.45, 7) is 4.00. The molecule has 4 nitrogen and oxygen atoms in total. The predicted molar refractivity (Wildman–Crippen MR) is 81.3 cm³/mol. The van der Waals surface area contributed by atoms with Gasteiger partial charge < -0.3 is 9.32 Å². The molecule has 2 aromatic rings. The number of carbonyl (C=O) groups is 1. The van der Waals surface area contributed by atoms with E-state index in [1.165, 1.54) is 12.5 Å². The van der Waals surface area contributed by atoms with Crippen molar-refractivity contribution in [2.45, 2.75) is 6.54 Å². The number of nitrogens with zero attached hydrogens (tertiary/aromatic N) is 2. The lowest BCUT2D eigenvalue weighted by molar-refractivity contribution is 0.0628. The first-order valence-electron chi connectivity index (χ1n) is 7.01. The number of amides is 1. The first-order valence-corrected chi connectivity index (χ1v) is 7.39. The molecule has 1 amide bonds. The Labute approximate surface area is 128 Å². The van der Waals surface area contributed by atoms with E-state index < -0.39 is 0 Å². The molecule has 1 saturated heterocycles. The molecule has 0 unspecified atom stereocenters. The first kappa shape index (κ1) is 14.2. The summed E-state index contributed by atoms with van der Waals surface area (Å²) in [7, 11) is 0. The molecular formula is C16H17ClN2O2. The highest BCUT2D eigenvalue weighted by Gasteiger charge is 2.22. The monoisotopic (exact) mass is 304 g/mol. The van der Waals surface area contributed by atoms with Gasteiger partial charge in [-0.15, -0.1) is 0 Å². The van der Waals surface area contributed by atoms with Gasteiger partial charge >= 0.3 is 0 Å². The van der Waals surface area contributed by atoms with Crippen LogP contribution in [0.25, 0.3) is 0 Å². The lowest BCUT2D eigenvalue weighted by atomic mass is 10.2. The Morgan fingerprint density at radius 2 is 1.90 bits per heavy atom. The van der Waals surface area contributed by atoms with Crippen molar-refractivity contribution >= 4 is 17.5 Å². The summed E-state index contributed by atoms with van der Waals surface area (Å²) >= 11 is 6.19. The van der Waals surface area contributed by atoms with Crippen LogP contribution < -0.4 is 0 Å². The van der Waals surface area contributed by atoms with Crippen molar-refractivity contribution in [1.29, 1.82) is 0 Å². The lowest BCUT2D eigenvalue weighted by Gasteiger charge is -2.34. The molecule has 1 fully saturated rings. The standard InChI is InChI=1S/C16H17ClN2O2/c17-15-4-2-1-3-13(15)11-18-6-8-19(9-7-18)16(20)14-5-10-21-12-14/h1-5,10,12H,6-9,11H2. The molecule has 0 saturated carbocycles. The van der Waals surface area contributed by atoms with E-state index >= 15 is 0 Å². The smallest absolute Gasteiger partial charge is 0.257 e. The number of hydrogen-bond acceptors (Lipinski definition) is 3. The van der Waals surface area contributed by atoms with E-state index in [0.29, 0.717) is 5.56 Å². The zero-order valence-corrected chi connectivity index (χ0v) is 12.4. The van der Waals surface area contributed by atoms with E-state index in [2.05, 4.69) is 4.90 Å². The number of carbonyl (C=O) groups excluding carboxylic acids is 1. The lowest BCUT2D eigenvalue weighted by Crippen LogP contribution is -2.48. The molecule has 0 aliphatic carbocycles. The average molecular weight is 305 g/mol. The van der Waals surface area contributed by atoms with Crippen LogP contribution in [0.4, 0.5) is 0 Å². The normalized spacial score (nSPS) is 16.1. The summed E-state index contributed by atoms with van der Waals surface area (Å²) in [4.78, 5) is 16.4. The average Bonchev–Trinajstić information content (AvgIpc) is 3.04. The fourth-order valence-electron chi connectivity index (χ4n) is 2.55. The van der Waals surface area contributed by atoms with E-state index in [1.807, 2.05) is 29.2 Å². The molecule has 0 radical (unpaired) electrons. The number of rotatable bonds is 3. The van der Waals surface area contributed by atoms with Crippen LogP contribution in [0.5, 0.6) is 0 Å². The van der Waals surface area contributed by atoms with Gasteiger partial charge in [0.1, 0.15) is 6.26 Å². The molecular weight excluding hydrogens is 288 g/mol. The predicted octanol–water partition coefficient (Wildman–Crippen LogP) is 2.89. The number of halogens is 1. The minimum absolute atomic E-state index is 0.0427. The molecule has 1 aliphatic rings. The molecule has 0 atom stereocenters. The molecule has 5 heteroatoms. The van der Waals surface area contributed by atoms with E-state index in [-0.39, 0.29) is 5.91 Å². The second kappa shape index (κ2) is 6.33. The summed E-state index contributed by atoms with van der Waals surface area (Å²) in [6, 6.07) is 9.60. The van der Waals surface area contributed by atoms with Crippen LogP contribution in [-0.2, 0) is 6.54 Å². The zero-order valence-electron chi connectivity index (χ0n) is 11.7.